The first kappa shape index (κ1) is 10.4. The SMILES string of the molecule is O=C(O)c1ccnn1Cc1ccccc1F. The van der Waals surface area contributed by atoms with E-state index in [-0.39, 0.29) is 18.1 Å². The number of aromatic carboxylic acids is 1. The molecule has 82 valence electrons. The van der Waals surface area contributed by atoms with Gasteiger partial charge in [-0.15, -0.1) is 0 Å². The van der Waals surface area contributed by atoms with Gasteiger partial charge in [0, 0.05) is 11.8 Å². The molecule has 0 spiro atoms. The zero-order chi connectivity index (χ0) is 11.5. The topological polar surface area (TPSA) is 55.1 Å². The standard InChI is InChI=1S/C11H9FN2O2/c12-9-4-2-1-3-8(9)7-14-10(11(15)16)5-6-13-14/h1-6H,7H2,(H,15,16). The van der Waals surface area contributed by atoms with Crippen LogP contribution < -0.4 is 0 Å². The molecule has 1 aromatic heterocycles. The lowest BCUT2D eigenvalue weighted by Gasteiger charge is -2.05. The van der Waals surface area contributed by atoms with Gasteiger partial charge in [-0.1, -0.05) is 18.2 Å². The fourth-order valence-electron chi connectivity index (χ4n) is 1.43. The van der Waals surface area contributed by atoms with Crippen LogP contribution in [0.2, 0.25) is 0 Å². The molecule has 0 fully saturated rings. The van der Waals surface area contributed by atoms with Gasteiger partial charge in [0.05, 0.1) is 6.54 Å². The third-order valence-corrected chi connectivity index (χ3v) is 2.21. The van der Waals surface area contributed by atoms with Gasteiger partial charge in [-0.2, -0.15) is 5.10 Å². The van der Waals surface area contributed by atoms with Crippen molar-refractivity contribution >= 4 is 5.97 Å². The lowest BCUT2D eigenvalue weighted by molar-refractivity contribution is 0.0684. The van der Waals surface area contributed by atoms with Crippen molar-refractivity contribution < 1.29 is 14.3 Å². The molecule has 1 aromatic carbocycles. The van der Waals surface area contributed by atoms with E-state index in [4.69, 9.17) is 5.11 Å². The van der Waals surface area contributed by atoms with Crippen molar-refractivity contribution in [3.8, 4) is 0 Å². The molecule has 4 nitrogen and oxygen atoms in total. The average Bonchev–Trinajstić information content (AvgIpc) is 2.69. The van der Waals surface area contributed by atoms with Crippen molar-refractivity contribution in [2.75, 3.05) is 0 Å². The molecule has 0 atom stereocenters. The van der Waals surface area contributed by atoms with Crippen LogP contribution in [0.25, 0.3) is 0 Å². The zero-order valence-electron chi connectivity index (χ0n) is 8.30. The molecule has 0 amide bonds. The van der Waals surface area contributed by atoms with Gasteiger partial charge in [0.25, 0.3) is 0 Å². The van der Waals surface area contributed by atoms with Crippen molar-refractivity contribution in [3.05, 3.63) is 53.6 Å². The minimum absolute atomic E-state index is 0.0447. The second-order valence-corrected chi connectivity index (χ2v) is 3.27. The summed E-state index contributed by atoms with van der Waals surface area (Å²) in [7, 11) is 0. The Hall–Kier alpha value is -2.17. The lowest BCUT2D eigenvalue weighted by atomic mass is 10.2. The second kappa shape index (κ2) is 4.14. The highest BCUT2D eigenvalue weighted by molar-refractivity contribution is 5.85. The van der Waals surface area contributed by atoms with E-state index in [0.717, 1.165) is 0 Å². The number of benzene rings is 1. The Kier molecular flexibility index (Phi) is 2.68. The highest BCUT2D eigenvalue weighted by Crippen LogP contribution is 2.09. The molecule has 1 heterocycles. The quantitative estimate of drug-likeness (QED) is 0.857. The van der Waals surface area contributed by atoms with Crippen molar-refractivity contribution in [2.45, 2.75) is 6.54 Å². The molecule has 1 N–H and O–H groups in total. The first-order valence-corrected chi connectivity index (χ1v) is 4.67. The van der Waals surface area contributed by atoms with Gasteiger partial charge in [-0.05, 0) is 12.1 Å². The van der Waals surface area contributed by atoms with Crippen molar-refractivity contribution in [3.63, 3.8) is 0 Å². The molecule has 0 aliphatic heterocycles. The second-order valence-electron chi connectivity index (χ2n) is 3.27. The molecule has 0 saturated heterocycles. The molecule has 2 aromatic rings. The summed E-state index contributed by atoms with van der Waals surface area (Å²) < 4.78 is 14.6. The molecule has 0 aliphatic carbocycles. The predicted molar refractivity (Wildman–Crippen MR) is 54.7 cm³/mol. The summed E-state index contributed by atoms with van der Waals surface area (Å²) in [5, 5.41) is 12.7. The minimum atomic E-state index is -1.08. The lowest BCUT2D eigenvalue weighted by Crippen LogP contribution is -2.11. The maximum Gasteiger partial charge on any atom is 0.354 e. The number of carboxylic acid groups (broad SMARTS) is 1. The third-order valence-electron chi connectivity index (χ3n) is 2.21. The van der Waals surface area contributed by atoms with Crippen LogP contribution in [-0.2, 0) is 6.54 Å². The Bertz CT molecular complexity index is 522. The fraction of sp³-hybridized carbons (Fsp3) is 0.0909. The first-order valence-electron chi connectivity index (χ1n) is 4.67. The highest BCUT2D eigenvalue weighted by Gasteiger charge is 2.11. The molecule has 0 radical (unpaired) electrons. The molecule has 0 unspecified atom stereocenters. The Morgan fingerprint density at radius 2 is 2.12 bits per heavy atom. The molecular formula is C11H9FN2O2. The van der Waals surface area contributed by atoms with E-state index >= 15 is 0 Å². The van der Waals surface area contributed by atoms with Crippen LogP contribution in [0.4, 0.5) is 4.39 Å². The summed E-state index contributed by atoms with van der Waals surface area (Å²) in [6, 6.07) is 7.59. The molecule has 0 aliphatic rings. The van der Waals surface area contributed by atoms with Crippen LogP contribution in [0.5, 0.6) is 0 Å². The number of nitrogens with zero attached hydrogens (tertiary/aromatic N) is 2. The first-order chi connectivity index (χ1) is 7.68. The number of aromatic nitrogens is 2. The molecule has 0 saturated carbocycles. The van der Waals surface area contributed by atoms with Crippen LogP contribution in [0.15, 0.2) is 36.5 Å². The van der Waals surface area contributed by atoms with E-state index in [1.165, 1.54) is 23.0 Å². The highest BCUT2D eigenvalue weighted by atomic mass is 19.1. The summed E-state index contributed by atoms with van der Waals surface area (Å²) in [5.41, 5.74) is 0.456. The van der Waals surface area contributed by atoms with Gasteiger partial charge in [0.15, 0.2) is 0 Å². The zero-order valence-corrected chi connectivity index (χ0v) is 8.30. The van der Waals surface area contributed by atoms with Gasteiger partial charge < -0.3 is 5.11 Å². The summed E-state index contributed by atoms with van der Waals surface area (Å²) in [4.78, 5) is 10.8. The molecule has 2 rings (SSSR count). The molecule has 16 heavy (non-hydrogen) atoms. The molecule has 5 heteroatoms. The van der Waals surface area contributed by atoms with Gasteiger partial charge >= 0.3 is 5.97 Å². The maximum atomic E-state index is 13.3. The minimum Gasteiger partial charge on any atom is -0.477 e. The van der Waals surface area contributed by atoms with Crippen LogP contribution >= 0.6 is 0 Å². The number of hydrogen-bond acceptors (Lipinski definition) is 2. The van der Waals surface area contributed by atoms with E-state index in [1.54, 1.807) is 18.2 Å². The number of carbonyl (C=O) groups is 1. The van der Waals surface area contributed by atoms with Crippen LogP contribution in [0.3, 0.4) is 0 Å². The summed E-state index contributed by atoms with van der Waals surface area (Å²) in [5.74, 6) is -1.44. The van der Waals surface area contributed by atoms with Crippen molar-refractivity contribution in [2.24, 2.45) is 0 Å². The fourth-order valence-corrected chi connectivity index (χ4v) is 1.43. The normalized spacial score (nSPS) is 10.3. The van der Waals surface area contributed by atoms with Crippen molar-refractivity contribution in [1.82, 2.24) is 9.78 Å². The maximum absolute atomic E-state index is 13.3. The summed E-state index contributed by atoms with van der Waals surface area (Å²) >= 11 is 0. The number of halogens is 1. The Morgan fingerprint density at radius 3 is 2.81 bits per heavy atom. The van der Waals surface area contributed by atoms with E-state index in [2.05, 4.69) is 5.10 Å². The summed E-state index contributed by atoms with van der Waals surface area (Å²) in [6.07, 6.45) is 1.38. The van der Waals surface area contributed by atoms with E-state index in [9.17, 15) is 9.18 Å². The molecule has 0 bridgehead atoms. The van der Waals surface area contributed by atoms with E-state index in [1.807, 2.05) is 0 Å². The van der Waals surface area contributed by atoms with E-state index < -0.39 is 5.97 Å². The largest absolute Gasteiger partial charge is 0.477 e. The third kappa shape index (κ3) is 1.93. The van der Waals surface area contributed by atoms with Crippen LogP contribution in [0.1, 0.15) is 16.1 Å². The average molecular weight is 220 g/mol. The predicted octanol–water partition coefficient (Wildman–Crippen LogP) is 1.77. The van der Waals surface area contributed by atoms with Gasteiger partial charge in [-0.3, -0.25) is 4.68 Å². The Balaban J connectivity index is 2.31. The van der Waals surface area contributed by atoms with Gasteiger partial charge in [0.2, 0.25) is 0 Å². The number of carboxylic acids is 1. The monoisotopic (exact) mass is 220 g/mol. The van der Waals surface area contributed by atoms with E-state index in [0.29, 0.717) is 5.56 Å². The Labute approximate surface area is 90.9 Å². The Morgan fingerprint density at radius 1 is 1.38 bits per heavy atom. The number of hydrogen-bond donors (Lipinski definition) is 1. The van der Waals surface area contributed by atoms with Gasteiger partial charge in [-0.25, -0.2) is 9.18 Å². The summed E-state index contributed by atoms with van der Waals surface area (Å²) in [6.45, 7) is 0.112. The van der Waals surface area contributed by atoms with Crippen LogP contribution in [-0.4, -0.2) is 20.9 Å². The number of rotatable bonds is 3. The van der Waals surface area contributed by atoms with Crippen molar-refractivity contribution in [1.29, 1.82) is 0 Å². The smallest absolute Gasteiger partial charge is 0.354 e. The molecular weight excluding hydrogens is 211 g/mol. The van der Waals surface area contributed by atoms with Crippen LogP contribution in [0, 0.1) is 5.82 Å². The van der Waals surface area contributed by atoms with Gasteiger partial charge in [0.1, 0.15) is 11.5 Å².